The first-order valence-electron chi connectivity index (χ1n) is 13.4. The summed E-state index contributed by atoms with van der Waals surface area (Å²) >= 11 is 0. The second-order valence-corrected chi connectivity index (χ2v) is 12.8. The van der Waals surface area contributed by atoms with E-state index in [2.05, 4.69) is 34.6 Å². The maximum atomic E-state index is 11.4. The van der Waals surface area contributed by atoms with E-state index in [0.29, 0.717) is 11.3 Å². The van der Waals surface area contributed by atoms with Gasteiger partial charge in [-0.2, -0.15) is 0 Å². The van der Waals surface area contributed by atoms with E-state index in [1.54, 1.807) is 0 Å². The number of hydrogen-bond acceptors (Lipinski definition) is 1. The highest BCUT2D eigenvalue weighted by molar-refractivity contribution is 5.25. The van der Waals surface area contributed by atoms with E-state index in [-0.39, 0.29) is 23.3 Å². The van der Waals surface area contributed by atoms with Gasteiger partial charge in [-0.1, -0.05) is 53.9 Å². The van der Waals surface area contributed by atoms with Gasteiger partial charge in [0, 0.05) is 6.79 Å². The van der Waals surface area contributed by atoms with Crippen LogP contribution in [-0.4, -0.2) is 11.2 Å². The summed E-state index contributed by atoms with van der Waals surface area (Å²) in [5.41, 5.74) is 0.722. The predicted octanol–water partition coefficient (Wildman–Crippen LogP) is 7.08. The normalized spacial score (nSPS) is 58.5. The van der Waals surface area contributed by atoms with Gasteiger partial charge in [-0.15, -0.1) is 0 Å². The van der Waals surface area contributed by atoms with Gasteiger partial charge in [-0.3, -0.25) is 0 Å². The Balaban J connectivity index is 1.35. The Hall–Kier alpha value is -0.0400. The summed E-state index contributed by atoms with van der Waals surface area (Å²) in [4.78, 5) is 0. The molecule has 11 atom stereocenters. The van der Waals surface area contributed by atoms with E-state index >= 15 is 0 Å². The number of fused-ring (bicyclic) bond motifs is 4. The molecule has 0 bridgehead atoms. The predicted molar refractivity (Wildman–Crippen MR) is 117 cm³/mol. The lowest BCUT2D eigenvalue weighted by molar-refractivity contribution is -0.152. The fourth-order valence-electron chi connectivity index (χ4n) is 10.0. The molecule has 1 spiro atoms. The molecule has 5 aliphatic rings. The molecule has 1 N–H and O–H groups in total. The van der Waals surface area contributed by atoms with Gasteiger partial charge in [-0.05, 0) is 104 Å². The molecule has 5 aliphatic carbocycles. The standard InChI is InChI=1S/C27H46O/c1-17(2)7-6-8-18(3)21-9-10-22-20-15-24(28)27-16-19(27)11-14-26(27,5)23(20)12-13-25(21,22)4/h17-24,28H,6-16H2,1-5H3/t18-,19-,20+,21-,22+,23+,24-,25-,26-,27?/m1/s1/i16D/t16?,18-,19-,20+,21-,22+,23+,24-,25-,26-,27?. The molecular weight excluding hydrogens is 340 g/mol. The molecular formula is C27H46O. The number of aliphatic hydroxyl groups is 1. The molecule has 1 heteroatoms. The Kier molecular flexibility index (Phi) is 4.33. The smallest absolute Gasteiger partial charge is 0.0607 e. The van der Waals surface area contributed by atoms with Gasteiger partial charge in [0.05, 0.1) is 6.10 Å². The molecule has 160 valence electrons. The molecule has 0 aromatic rings. The zero-order valence-electron chi connectivity index (χ0n) is 20.2. The maximum Gasteiger partial charge on any atom is 0.0607 e. The Morgan fingerprint density at radius 1 is 1.00 bits per heavy atom. The van der Waals surface area contributed by atoms with Crippen LogP contribution >= 0.6 is 0 Å². The molecule has 0 aliphatic heterocycles. The van der Waals surface area contributed by atoms with Crippen LogP contribution in [0.2, 0.25) is 0 Å². The summed E-state index contributed by atoms with van der Waals surface area (Å²) < 4.78 is 8.69. The number of aliphatic hydroxyl groups excluding tert-OH is 1. The zero-order chi connectivity index (χ0) is 20.8. The van der Waals surface area contributed by atoms with Crippen LogP contribution in [0.5, 0.6) is 0 Å². The van der Waals surface area contributed by atoms with E-state index in [1.165, 1.54) is 57.8 Å². The topological polar surface area (TPSA) is 20.2 Å². The summed E-state index contributed by atoms with van der Waals surface area (Å²) in [7, 11) is 0. The van der Waals surface area contributed by atoms with E-state index in [1.807, 2.05) is 0 Å². The SMILES string of the molecule is [2H]C1[C@H]2CC[C@]3(C)[C@H]4CC[C@]5(C)[C@@H]([C@H](C)CCCC(C)C)CC[C@H]5[C@@H]4C[C@@H](O)C123. The van der Waals surface area contributed by atoms with Gasteiger partial charge < -0.3 is 5.11 Å². The highest BCUT2D eigenvalue weighted by Gasteiger charge is 2.77. The van der Waals surface area contributed by atoms with Gasteiger partial charge in [0.15, 0.2) is 0 Å². The van der Waals surface area contributed by atoms with Crippen molar-refractivity contribution in [1.82, 2.24) is 0 Å². The van der Waals surface area contributed by atoms with Crippen LogP contribution in [0, 0.1) is 57.7 Å². The third-order valence-electron chi connectivity index (χ3n) is 11.4. The van der Waals surface area contributed by atoms with Gasteiger partial charge in [-0.25, -0.2) is 0 Å². The van der Waals surface area contributed by atoms with Crippen LogP contribution in [0.15, 0.2) is 0 Å². The third kappa shape index (κ3) is 2.47. The van der Waals surface area contributed by atoms with Crippen molar-refractivity contribution in [1.29, 1.82) is 0 Å². The van der Waals surface area contributed by atoms with Gasteiger partial charge in [0.1, 0.15) is 0 Å². The Bertz CT molecular complexity index is 646. The third-order valence-corrected chi connectivity index (χ3v) is 11.4. The molecule has 5 saturated carbocycles. The van der Waals surface area contributed by atoms with Gasteiger partial charge in [0.2, 0.25) is 0 Å². The van der Waals surface area contributed by atoms with Crippen molar-refractivity contribution < 1.29 is 6.48 Å². The molecule has 0 heterocycles. The van der Waals surface area contributed by atoms with Crippen LogP contribution in [0.4, 0.5) is 0 Å². The lowest BCUT2D eigenvalue weighted by Gasteiger charge is -2.60. The molecule has 0 aromatic carbocycles. The summed E-state index contributed by atoms with van der Waals surface area (Å²) in [6, 6.07) is 0. The van der Waals surface area contributed by atoms with E-state index in [4.69, 9.17) is 1.37 Å². The number of rotatable bonds is 5. The molecule has 0 radical (unpaired) electrons. The van der Waals surface area contributed by atoms with Crippen LogP contribution < -0.4 is 0 Å². The van der Waals surface area contributed by atoms with Crippen LogP contribution in [-0.2, 0) is 0 Å². The molecule has 0 aromatic heterocycles. The first-order valence-corrected chi connectivity index (χ1v) is 12.8. The largest absolute Gasteiger partial charge is 0.393 e. The first-order chi connectivity index (χ1) is 13.7. The van der Waals surface area contributed by atoms with E-state index in [9.17, 15) is 5.11 Å². The zero-order valence-corrected chi connectivity index (χ0v) is 19.2. The van der Waals surface area contributed by atoms with Gasteiger partial charge in [0.25, 0.3) is 0 Å². The van der Waals surface area contributed by atoms with Crippen molar-refractivity contribution in [2.75, 3.05) is 0 Å². The molecule has 0 saturated heterocycles. The molecule has 1 nitrogen and oxygen atoms in total. The van der Waals surface area contributed by atoms with Gasteiger partial charge >= 0.3 is 0 Å². The second-order valence-electron chi connectivity index (χ2n) is 12.8. The average molecular weight is 388 g/mol. The summed E-state index contributed by atoms with van der Waals surface area (Å²) in [6.45, 7) is 12.4. The minimum Gasteiger partial charge on any atom is -0.393 e. The fraction of sp³-hybridized carbons (Fsp3) is 1.00. The lowest BCUT2D eigenvalue weighted by Crippen LogP contribution is -2.56. The molecule has 2 unspecified atom stereocenters. The highest BCUT2D eigenvalue weighted by atomic mass is 16.3. The fourth-order valence-corrected chi connectivity index (χ4v) is 10.0. The molecule has 0 amide bonds. The van der Waals surface area contributed by atoms with Crippen LogP contribution in [0.1, 0.15) is 107 Å². The second kappa shape index (κ2) is 6.48. The lowest BCUT2D eigenvalue weighted by atomic mass is 9.45. The van der Waals surface area contributed by atoms with Crippen molar-refractivity contribution in [3.63, 3.8) is 0 Å². The van der Waals surface area contributed by atoms with Crippen molar-refractivity contribution >= 4 is 0 Å². The van der Waals surface area contributed by atoms with Crippen molar-refractivity contribution in [3.05, 3.63) is 0 Å². The maximum absolute atomic E-state index is 11.4. The average Bonchev–Trinajstić information content (AvgIpc) is 2.94. The molecule has 5 rings (SSSR count). The first kappa shape index (κ1) is 18.7. The molecule has 28 heavy (non-hydrogen) atoms. The highest BCUT2D eigenvalue weighted by Crippen LogP contribution is 2.81. The minimum atomic E-state index is -0.200. The molecule has 5 fully saturated rings. The minimum absolute atomic E-state index is 0.0238. The van der Waals surface area contributed by atoms with E-state index in [0.717, 1.165) is 41.9 Å². The summed E-state index contributed by atoms with van der Waals surface area (Å²) in [5.74, 6) is 5.41. The Morgan fingerprint density at radius 2 is 1.79 bits per heavy atom. The van der Waals surface area contributed by atoms with Crippen molar-refractivity contribution in [2.24, 2.45) is 57.7 Å². The van der Waals surface area contributed by atoms with Crippen LogP contribution in [0.3, 0.4) is 0 Å². The Morgan fingerprint density at radius 3 is 2.50 bits per heavy atom. The van der Waals surface area contributed by atoms with Crippen molar-refractivity contribution in [2.45, 2.75) is 111 Å². The van der Waals surface area contributed by atoms with Crippen LogP contribution in [0.25, 0.3) is 0 Å². The summed E-state index contributed by atoms with van der Waals surface area (Å²) in [5, 5.41) is 11.4. The number of hydrogen-bond donors (Lipinski definition) is 1. The van der Waals surface area contributed by atoms with Crippen molar-refractivity contribution in [3.8, 4) is 0 Å². The summed E-state index contributed by atoms with van der Waals surface area (Å²) in [6.07, 6.45) is 13.1. The quantitative estimate of drug-likeness (QED) is 0.534. The van der Waals surface area contributed by atoms with E-state index < -0.39 is 0 Å². The Labute approximate surface area is 175 Å². The monoisotopic (exact) mass is 387 g/mol.